The normalized spacial score (nSPS) is 11.4. The molecule has 0 amide bonds. The van der Waals surface area contributed by atoms with Crippen LogP contribution in [0.1, 0.15) is 19.4 Å². The summed E-state index contributed by atoms with van der Waals surface area (Å²) in [5.41, 5.74) is 2.19. The molecular weight excluding hydrogens is 224 g/mol. The van der Waals surface area contributed by atoms with Crippen molar-refractivity contribution in [3.63, 3.8) is 0 Å². The van der Waals surface area contributed by atoms with Gasteiger partial charge in [-0.1, -0.05) is 17.7 Å². The van der Waals surface area contributed by atoms with Gasteiger partial charge in [-0.2, -0.15) is 0 Å². The van der Waals surface area contributed by atoms with E-state index in [2.05, 4.69) is 0 Å². The lowest BCUT2D eigenvalue weighted by atomic mass is 10.1. The topological polar surface area (TPSA) is 18.5 Å². The lowest BCUT2D eigenvalue weighted by molar-refractivity contribution is 0.311. The van der Waals surface area contributed by atoms with E-state index >= 15 is 0 Å². The van der Waals surface area contributed by atoms with Crippen molar-refractivity contribution in [1.29, 1.82) is 0 Å². The summed E-state index contributed by atoms with van der Waals surface area (Å²) in [7, 11) is 1.64. The zero-order chi connectivity index (χ0) is 12.0. The Morgan fingerprint density at radius 2 is 2.12 bits per heavy atom. The molecule has 0 aliphatic rings. The SMILES string of the molecule is CCOc1cc(C=C(C)CCl)ccc1OC. The Kier molecular flexibility index (Phi) is 5.20. The molecular formula is C13H17ClO2. The Bertz CT molecular complexity index is 372. The molecule has 0 aliphatic heterocycles. The van der Waals surface area contributed by atoms with Gasteiger partial charge in [-0.3, -0.25) is 0 Å². The monoisotopic (exact) mass is 240 g/mol. The van der Waals surface area contributed by atoms with E-state index in [0.29, 0.717) is 12.5 Å². The molecule has 1 rings (SSSR count). The van der Waals surface area contributed by atoms with Gasteiger partial charge in [0.2, 0.25) is 0 Å². The molecule has 0 aliphatic carbocycles. The molecule has 0 bridgehead atoms. The second-order valence-corrected chi connectivity index (χ2v) is 3.73. The molecule has 0 fully saturated rings. The molecule has 1 aromatic rings. The second-order valence-electron chi connectivity index (χ2n) is 3.47. The van der Waals surface area contributed by atoms with Crippen LogP contribution < -0.4 is 9.47 Å². The molecule has 88 valence electrons. The smallest absolute Gasteiger partial charge is 0.161 e. The first kappa shape index (κ1) is 12.9. The Balaban J connectivity index is 3.01. The summed E-state index contributed by atoms with van der Waals surface area (Å²) >= 11 is 5.74. The van der Waals surface area contributed by atoms with Crippen molar-refractivity contribution in [1.82, 2.24) is 0 Å². The molecule has 0 N–H and O–H groups in total. The van der Waals surface area contributed by atoms with Crippen LogP contribution >= 0.6 is 11.6 Å². The maximum atomic E-state index is 5.74. The Morgan fingerprint density at radius 3 is 2.69 bits per heavy atom. The van der Waals surface area contributed by atoms with Gasteiger partial charge in [-0.05, 0) is 31.5 Å². The van der Waals surface area contributed by atoms with Crippen LogP contribution in [0.2, 0.25) is 0 Å². The summed E-state index contributed by atoms with van der Waals surface area (Å²) < 4.78 is 10.7. The summed E-state index contributed by atoms with van der Waals surface area (Å²) in [6, 6.07) is 5.84. The van der Waals surface area contributed by atoms with Crippen LogP contribution in [-0.4, -0.2) is 19.6 Å². The van der Waals surface area contributed by atoms with Crippen LogP contribution in [0.5, 0.6) is 11.5 Å². The number of rotatable bonds is 5. The zero-order valence-electron chi connectivity index (χ0n) is 9.92. The quantitative estimate of drug-likeness (QED) is 0.730. The van der Waals surface area contributed by atoms with Gasteiger partial charge in [0.15, 0.2) is 11.5 Å². The fraction of sp³-hybridized carbons (Fsp3) is 0.385. The minimum absolute atomic E-state index is 0.538. The molecule has 3 heteroatoms. The third-order valence-electron chi connectivity index (χ3n) is 2.11. The maximum Gasteiger partial charge on any atom is 0.161 e. The van der Waals surface area contributed by atoms with Crippen molar-refractivity contribution in [2.24, 2.45) is 0 Å². The summed E-state index contributed by atoms with van der Waals surface area (Å²) in [6.07, 6.45) is 2.04. The van der Waals surface area contributed by atoms with Crippen LogP contribution in [0.25, 0.3) is 6.08 Å². The van der Waals surface area contributed by atoms with Crippen LogP contribution in [0.3, 0.4) is 0 Å². The van der Waals surface area contributed by atoms with Gasteiger partial charge >= 0.3 is 0 Å². The summed E-state index contributed by atoms with van der Waals surface area (Å²) in [5.74, 6) is 2.05. The van der Waals surface area contributed by atoms with Gasteiger partial charge in [0.1, 0.15) is 0 Å². The van der Waals surface area contributed by atoms with Gasteiger partial charge in [-0.15, -0.1) is 11.6 Å². The molecule has 0 spiro atoms. The number of hydrogen-bond donors (Lipinski definition) is 0. The largest absolute Gasteiger partial charge is 0.493 e. The third kappa shape index (κ3) is 3.46. The number of methoxy groups -OCH3 is 1. The minimum atomic E-state index is 0.538. The fourth-order valence-corrected chi connectivity index (χ4v) is 1.45. The Hall–Kier alpha value is -1.15. The third-order valence-corrected chi connectivity index (χ3v) is 2.53. The van der Waals surface area contributed by atoms with Gasteiger partial charge < -0.3 is 9.47 Å². The minimum Gasteiger partial charge on any atom is -0.493 e. The zero-order valence-corrected chi connectivity index (χ0v) is 10.7. The number of benzene rings is 1. The van der Waals surface area contributed by atoms with Crippen LogP contribution in [0, 0.1) is 0 Å². The standard InChI is InChI=1S/C13H17ClO2/c1-4-16-13-8-11(7-10(2)9-14)5-6-12(13)15-3/h5-8H,4,9H2,1-3H3. The average Bonchev–Trinajstić information content (AvgIpc) is 2.30. The first-order chi connectivity index (χ1) is 7.71. The predicted octanol–water partition coefficient (Wildman–Crippen LogP) is 3.74. The van der Waals surface area contributed by atoms with Crippen LogP contribution in [0.15, 0.2) is 23.8 Å². The van der Waals surface area contributed by atoms with E-state index in [9.17, 15) is 0 Å². The Morgan fingerprint density at radius 1 is 1.38 bits per heavy atom. The average molecular weight is 241 g/mol. The summed E-state index contributed by atoms with van der Waals surface area (Å²) in [5, 5.41) is 0. The number of alkyl halides is 1. The highest BCUT2D eigenvalue weighted by Gasteiger charge is 2.03. The molecule has 0 unspecified atom stereocenters. The highest BCUT2D eigenvalue weighted by molar-refractivity contribution is 6.19. The number of ether oxygens (including phenoxy) is 2. The van der Waals surface area contributed by atoms with E-state index in [1.807, 2.05) is 38.1 Å². The van der Waals surface area contributed by atoms with Gasteiger partial charge in [-0.25, -0.2) is 0 Å². The predicted molar refractivity (Wildman–Crippen MR) is 68.5 cm³/mol. The van der Waals surface area contributed by atoms with Crippen LogP contribution in [0.4, 0.5) is 0 Å². The molecule has 0 heterocycles. The summed E-state index contributed by atoms with van der Waals surface area (Å²) in [6.45, 7) is 4.57. The number of hydrogen-bond acceptors (Lipinski definition) is 2. The van der Waals surface area contributed by atoms with Crippen molar-refractivity contribution >= 4 is 17.7 Å². The molecule has 1 aromatic carbocycles. The van der Waals surface area contributed by atoms with Crippen molar-refractivity contribution in [2.45, 2.75) is 13.8 Å². The van der Waals surface area contributed by atoms with E-state index in [-0.39, 0.29) is 0 Å². The van der Waals surface area contributed by atoms with Crippen molar-refractivity contribution in [2.75, 3.05) is 19.6 Å². The van der Waals surface area contributed by atoms with Crippen molar-refractivity contribution < 1.29 is 9.47 Å². The van der Waals surface area contributed by atoms with E-state index < -0.39 is 0 Å². The molecule has 0 atom stereocenters. The highest BCUT2D eigenvalue weighted by atomic mass is 35.5. The first-order valence-electron chi connectivity index (χ1n) is 5.25. The Labute approximate surface area is 102 Å². The molecule has 2 nitrogen and oxygen atoms in total. The first-order valence-corrected chi connectivity index (χ1v) is 5.78. The van der Waals surface area contributed by atoms with Crippen molar-refractivity contribution in [3.8, 4) is 11.5 Å². The van der Waals surface area contributed by atoms with E-state index in [1.54, 1.807) is 7.11 Å². The molecule has 0 saturated heterocycles. The van der Waals surface area contributed by atoms with Crippen molar-refractivity contribution in [3.05, 3.63) is 29.3 Å². The van der Waals surface area contributed by atoms with Crippen LogP contribution in [-0.2, 0) is 0 Å². The molecule has 16 heavy (non-hydrogen) atoms. The summed E-state index contributed by atoms with van der Waals surface area (Å²) in [4.78, 5) is 0. The van der Waals surface area contributed by atoms with Gasteiger partial charge in [0.05, 0.1) is 13.7 Å². The maximum absolute atomic E-state index is 5.74. The molecule has 0 aromatic heterocycles. The fourth-order valence-electron chi connectivity index (χ4n) is 1.37. The number of allylic oxidation sites excluding steroid dienone is 1. The van der Waals surface area contributed by atoms with Gasteiger partial charge in [0, 0.05) is 5.88 Å². The highest BCUT2D eigenvalue weighted by Crippen LogP contribution is 2.28. The number of halogens is 1. The lowest BCUT2D eigenvalue weighted by Gasteiger charge is -2.09. The van der Waals surface area contributed by atoms with E-state index in [1.165, 1.54) is 0 Å². The van der Waals surface area contributed by atoms with E-state index in [0.717, 1.165) is 22.6 Å². The van der Waals surface area contributed by atoms with Gasteiger partial charge in [0.25, 0.3) is 0 Å². The van der Waals surface area contributed by atoms with E-state index in [4.69, 9.17) is 21.1 Å². The molecule has 0 radical (unpaired) electrons. The second kappa shape index (κ2) is 6.44. The molecule has 0 saturated carbocycles. The lowest BCUT2D eigenvalue weighted by Crippen LogP contribution is -1.95.